The molecule has 0 rings (SSSR count). The fourth-order valence-electron chi connectivity index (χ4n) is 2.55. The summed E-state index contributed by atoms with van der Waals surface area (Å²) < 4.78 is 15.5. The summed E-state index contributed by atoms with van der Waals surface area (Å²) in [5, 5.41) is 0. The molecule has 0 aliphatic heterocycles. The van der Waals surface area contributed by atoms with Gasteiger partial charge in [0.2, 0.25) is 0 Å². The van der Waals surface area contributed by atoms with Crippen molar-refractivity contribution >= 4 is 18.5 Å². The van der Waals surface area contributed by atoms with Crippen molar-refractivity contribution in [3.63, 3.8) is 0 Å². The van der Waals surface area contributed by atoms with Gasteiger partial charge in [0.15, 0.2) is 0 Å². The lowest BCUT2D eigenvalue weighted by atomic mass is 10.1. The smallest absolute Gasteiger partial charge is 0.321 e. The summed E-state index contributed by atoms with van der Waals surface area (Å²) in [5.74, 6) is 0. The molecule has 0 saturated heterocycles. The van der Waals surface area contributed by atoms with Crippen LogP contribution in [-0.4, -0.2) is 42.8 Å². The highest BCUT2D eigenvalue weighted by Gasteiger charge is 2.14. The summed E-state index contributed by atoms with van der Waals surface area (Å²) in [6.45, 7) is -0.345. The highest BCUT2D eigenvalue weighted by atomic mass is 32.5. The average molecular weight is 449 g/mol. The maximum absolute atomic E-state index is 9.04. The van der Waals surface area contributed by atoms with Gasteiger partial charge >= 0.3 is 6.72 Å². The summed E-state index contributed by atoms with van der Waals surface area (Å²) in [6.07, 6.45) is 24.6. The monoisotopic (exact) mass is 448 g/mol. The van der Waals surface area contributed by atoms with Crippen molar-refractivity contribution in [3.8, 4) is 0 Å². The van der Waals surface area contributed by atoms with Crippen LogP contribution in [0.1, 0.15) is 71.1 Å². The minimum atomic E-state index is -3.62. The van der Waals surface area contributed by atoms with E-state index in [-0.39, 0.29) is 12.7 Å². The van der Waals surface area contributed by atoms with Crippen LogP contribution in [-0.2, 0) is 25.8 Å². The maximum atomic E-state index is 9.04. The SMILES string of the molecule is CCCC/C=C/C=C/C=C/CCCCCCCCOCC(COP(O)(O)=S)OC. The largest absolute Gasteiger partial charge is 0.379 e. The highest BCUT2D eigenvalue weighted by Crippen LogP contribution is 2.36. The molecule has 0 amide bonds. The zero-order chi connectivity index (χ0) is 21.6. The first-order valence-electron chi connectivity index (χ1n) is 10.8. The maximum Gasteiger partial charge on any atom is 0.321 e. The molecule has 2 N–H and O–H groups in total. The van der Waals surface area contributed by atoms with Gasteiger partial charge in [-0.3, -0.25) is 0 Å². The minimum absolute atomic E-state index is 0.0284. The van der Waals surface area contributed by atoms with Crippen LogP contribution in [0.15, 0.2) is 36.5 Å². The Kier molecular flexibility index (Phi) is 20.7. The molecule has 0 bridgehead atoms. The molecule has 0 aliphatic rings. The molecule has 0 fully saturated rings. The Morgan fingerprint density at radius 3 is 2.00 bits per heavy atom. The molecule has 0 aromatic carbocycles. The van der Waals surface area contributed by atoms with Crippen molar-refractivity contribution in [2.24, 2.45) is 0 Å². The van der Waals surface area contributed by atoms with Crippen molar-refractivity contribution in [1.82, 2.24) is 0 Å². The van der Waals surface area contributed by atoms with Gasteiger partial charge in [-0.15, -0.1) is 0 Å². The molecule has 1 atom stereocenters. The van der Waals surface area contributed by atoms with E-state index < -0.39 is 6.72 Å². The number of allylic oxidation sites excluding steroid dienone is 6. The second kappa shape index (κ2) is 20.9. The number of unbranched alkanes of at least 4 members (excludes halogenated alkanes) is 8. The predicted molar refractivity (Wildman–Crippen MR) is 126 cm³/mol. The van der Waals surface area contributed by atoms with Gasteiger partial charge in [-0.25, -0.2) is 0 Å². The first-order valence-corrected chi connectivity index (χ1v) is 13.4. The Hall–Kier alpha value is -0.330. The highest BCUT2D eigenvalue weighted by molar-refractivity contribution is 8.06. The summed E-state index contributed by atoms with van der Waals surface area (Å²) >= 11 is 4.41. The van der Waals surface area contributed by atoms with Crippen LogP contribution >= 0.6 is 6.72 Å². The molecule has 5 nitrogen and oxygen atoms in total. The van der Waals surface area contributed by atoms with Crippen molar-refractivity contribution in [2.45, 2.75) is 77.2 Å². The summed E-state index contributed by atoms with van der Waals surface area (Å²) in [7, 11) is 1.53. The van der Waals surface area contributed by atoms with Gasteiger partial charge in [-0.05, 0) is 37.5 Å². The van der Waals surface area contributed by atoms with Crippen LogP contribution in [0.2, 0.25) is 0 Å². The first-order chi connectivity index (χ1) is 14.0. The van der Waals surface area contributed by atoms with Crippen molar-refractivity contribution < 1.29 is 23.8 Å². The summed E-state index contributed by atoms with van der Waals surface area (Å²) in [5.41, 5.74) is 0. The average Bonchev–Trinajstić information content (AvgIpc) is 2.68. The molecule has 1 unspecified atom stereocenters. The third-order valence-electron chi connectivity index (χ3n) is 4.30. The third-order valence-corrected chi connectivity index (χ3v) is 5.11. The van der Waals surface area contributed by atoms with Gasteiger partial charge < -0.3 is 23.8 Å². The Labute approximate surface area is 183 Å². The molecule has 0 spiro atoms. The zero-order valence-corrected chi connectivity index (χ0v) is 19.9. The van der Waals surface area contributed by atoms with E-state index in [0.29, 0.717) is 13.2 Å². The second-order valence-corrected chi connectivity index (χ2v) is 9.68. The zero-order valence-electron chi connectivity index (χ0n) is 18.2. The van der Waals surface area contributed by atoms with E-state index in [0.717, 1.165) is 19.3 Å². The van der Waals surface area contributed by atoms with Crippen molar-refractivity contribution in [3.05, 3.63) is 36.5 Å². The molecular formula is C22H41O5PS. The normalized spacial score (nSPS) is 13.9. The predicted octanol–water partition coefficient (Wildman–Crippen LogP) is 5.83. The molecular weight excluding hydrogens is 407 g/mol. The van der Waals surface area contributed by atoms with Crippen LogP contribution in [0.4, 0.5) is 0 Å². The van der Waals surface area contributed by atoms with Gasteiger partial charge in [0.25, 0.3) is 0 Å². The molecule has 0 radical (unpaired) electrons. The Balaban J connectivity index is 3.42. The quantitative estimate of drug-likeness (QED) is 0.139. The van der Waals surface area contributed by atoms with E-state index in [1.165, 1.54) is 52.1 Å². The molecule has 0 aromatic rings. The molecule has 29 heavy (non-hydrogen) atoms. The van der Waals surface area contributed by atoms with Crippen LogP contribution in [0, 0.1) is 0 Å². The molecule has 0 aromatic heterocycles. The van der Waals surface area contributed by atoms with Gasteiger partial charge in [0.05, 0.1) is 13.2 Å². The van der Waals surface area contributed by atoms with Gasteiger partial charge in [-0.1, -0.05) is 81.9 Å². The Morgan fingerprint density at radius 2 is 1.41 bits per heavy atom. The lowest BCUT2D eigenvalue weighted by molar-refractivity contribution is -0.0173. The fourth-order valence-corrected chi connectivity index (χ4v) is 3.10. The number of methoxy groups -OCH3 is 1. The molecule has 0 heterocycles. The Bertz CT molecular complexity index is 488. The summed E-state index contributed by atoms with van der Waals surface area (Å²) in [4.78, 5) is 18.1. The van der Waals surface area contributed by atoms with Crippen LogP contribution < -0.4 is 0 Å². The molecule has 0 saturated carbocycles. The van der Waals surface area contributed by atoms with E-state index in [4.69, 9.17) is 23.8 Å². The van der Waals surface area contributed by atoms with Crippen LogP contribution in [0.5, 0.6) is 0 Å². The van der Waals surface area contributed by atoms with Crippen molar-refractivity contribution in [2.75, 3.05) is 26.9 Å². The van der Waals surface area contributed by atoms with E-state index in [1.807, 2.05) is 0 Å². The van der Waals surface area contributed by atoms with Gasteiger partial charge in [0.1, 0.15) is 6.10 Å². The standard InChI is InChI=1S/C22H41O5PS/c1-3-4-5-6-7-8-9-10-11-12-13-14-15-16-17-18-19-26-20-22(25-2)21-27-28(23,24)29/h6-11,22H,3-5,12-21H2,1-2H3,(H2,23,24,29)/b7-6+,9-8+,11-10+. The van der Waals surface area contributed by atoms with Crippen LogP contribution in [0.3, 0.4) is 0 Å². The molecule has 0 aliphatic carbocycles. The van der Waals surface area contributed by atoms with E-state index >= 15 is 0 Å². The second-order valence-electron chi connectivity index (χ2n) is 7.01. The number of hydrogen-bond donors (Lipinski definition) is 2. The van der Waals surface area contributed by atoms with Crippen molar-refractivity contribution in [1.29, 1.82) is 0 Å². The van der Waals surface area contributed by atoms with Gasteiger partial charge in [0, 0.05) is 13.7 Å². The van der Waals surface area contributed by atoms with E-state index in [2.05, 4.69) is 55.2 Å². The topological polar surface area (TPSA) is 68.2 Å². The fraction of sp³-hybridized carbons (Fsp3) is 0.727. The first kappa shape index (κ1) is 28.7. The van der Waals surface area contributed by atoms with E-state index in [9.17, 15) is 0 Å². The number of ether oxygens (including phenoxy) is 2. The third kappa shape index (κ3) is 23.8. The minimum Gasteiger partial charge on any atom is -0.379 e. The van der Waals surface area contributed by atoms with Gasteiger partial charge in [-0.2, -0.15) is 0 Å². The number of rotatable bonds is 20. The van der Waals surface area contributed by atoms with E-state index in [1.54, 1.807) is 0 Å². The summed E-state index contributed by atoms with van der Waals surface area (Å²) in [6, 6.07) is 0. The Morgan fingerprint density at radius 1 is 0.828 bits per heavy atom. The van der Waals surface area contributed by atoms with Crippen LogP contribution in [0.25, 0.3) is 0 Å². The lowest BCUT2D eigenvalue weighted by Gasteiger charge is -2.17. The molecule has 7 heteroatoms. The molecule has 170 valence electrons. The number of hydrogen-bond acceptors (Lipinski definition) is 4. The lowest BCUT2D eigenvalue weighted by Crippen LogP contribution is -2.24.